The van der Waals surface area contributed by atoms with Gasteiger partial charge in [-0.05, 0) is 24.3 Å². The van der Waals surface area contributed by atoms with Crippen molar-refractivity contribution in [3.63, 3.8) is 0 Å². The molecule has 4 N–H and O–H groups in total. The lowest BCUT2D eigenvalue weighted by atomic mass is 10.1. The summed E-state index contributed by atoms with van der Waals surface area (Å²) in [6.45, 7) is 0. The van der Waals surface area contributed by atoms with Gasteiger partial charge in [-0.25, -0.2) is 14.5 Å². The number of hydrogen-bond acceptors (Lipinski definition) is 6. The first-order valence-electron chi connectivity index (χ1n) is 5.97. The van der Waals surface area contributed by atoms with Crippen molar-refractivity contribution >= 4 is 12.2 Å². The molecule has 0 saturated carbocycles. The van der Waals surface area contributed by atoms with Crippen molar-refractivity contribution in [2.24, 2.45) is 5.10 Å². The molecule has 106 valence electrons. The summed E-state index contributed by atoms with van der Waals surface area (Å²) in [5.41, 5.74) is 4.92. The highest BCUT2D eigenvalue weighted by Gasteiger charge is 2.06. The molecular weight excluding hydrogens is 275 g/mol. The maximum absolute atomic E-state index is 12.9. The third-order valence-electron chi connectivity index (χ3n) is 2.74. The summed E-state index contributed by atoms with van der Waals surface area (Å²) in [6, 6.07) is 6.08. The number of nitrogens with two attached hydrogens (primary N) is 1. The number of H-pyrrole nitrogens is 1. The van der Waals surface area contributed by atoms with E-state index in [1.54, 1.807) is 24.5 Å². The molecule has 0 fully saturated rings. The van der Waals surface area contributed by atoms with E-state index in [4.69, 9.17) is 5.84 Å². The topological polar surface area (TPSA) is 110 Å². The number of nitrogens with one attached hydrogen (secondary N) is 2. The Morgan fingerprint density at radius 1 is 1.33 bits per heavy atom. The molecule has 3 aromatic rings. The van der Waals surface area contributed by atoms with Crippen molar-refractivity contribution in [2.45, 2.75) is 0 Å². The van der Waals surface area contributed by atoms with E-state index in [0.717, 1.165) is 16.8 Å². The van der Waals surface area contributed by atoms with Crippen LogP contribution in [0.3, 0.4) is 0 Å². The lowest BCUT2D eigenvalue weighted by Crippen LogP contribution is -2.10. The molecule has 0 atom stereocenters. The Hall–Kier alpha value is -3.23. The minimum absolute atomic E-state index is 0.294. The van der Waals surface area contributed by atoms with Gasteiger partial charge in [0.15, 0.2) is 0 Å². The zero-order valence-electron chi connectivity index (χ0n) is 10.7. The Morgan fingerprint density at radius 2 is 2.14 bits per heavy atom. The van der Waals surface area contributed by atoms with E-state index >= 15 is 0 Å². The largest absolute Gasteiger partial charge is 0.335 e. The fourth-order valence-electron chi connectivity index (χ4n) is 1.72. The van der Waals surface area contributed by atoms with Crippen molar-refractivity contribution in [2.75, 3.05) is 11.3 Å². The number of hydrazone groups is 1. The van der Waals surface area contributed by atoms with E-state index in [2.05, 4.69) is 30.9 Å². The Bertz CT molecular complexity index is 758. The number of nitrogen functional groups attached to an aromatic ring is 1. The van der Waals surface area contributed by atoms with E-state index in [0.29, 0.717) is 5.95 Å². The van der Waals surface area contributed by atoms with Crippen molar-refractivity contribution < 1.29 is 4.39 Å². The Balaban J connectivity index is 1.79. The average Bonchev–Trinajstić information content (AvgIpc) is 3.10. The van der Waals surface area contributed by atoms with Crippen molar-refractivity contribution in [1.82, 2.24) is 25.1 Å². The van der Waals surface area contributed by atoms with E-state index < -0.39 is 0 Å². The molecule has 0 aliphatic carbocycles. The molecule has 0 saturated heterocycles. The van der Waals surface area contributed by atoms with E-state index in [1.165, 1.54) is 23.1 Å². The molecule has 0 aliphatic heterocycles. The first-order chi connectivity index (χ1) is 10.2. The predicted molar refractivity (Wildman–Crippen MR) is 75.4 cm³/mol. The highest BCUT2D eigenvalue weighted by Crippen LogP contribution is 2.20. The van der Waals surface area contributed by atoms with Crippen LogP contribution in [0.4, 0.5) is 10.3 Å². The lowest BCUT2D eigenvalue weighted by molar-refractivity contribution is 0.628. The minimum atomic E-state index is -0.294. The number of aromatic nitrogens is 5. The Labute approximate surface area is 118 Å². The third-order valence-corrected chi connectivity index (χ3v) is 2.74. The summed E-state index contributed by atoms with van der Waals surface area (Å²) in [6.07, 6.45) is 4.51. The van der Waals surface area contributed by atoms with Crippen LogP contribution in [-0.2, 0) is 0 Å². The normalized spacial score (nSPS) is 11.1. The molecule has 0 bridgehead atoms. The van der Waals surface area contributed by atoms with Crippen LogP contribution >= 0.6 is 0 Å². The molecule has 0 unspecified atom stereocenters. The van der Waals surface area contributed by atoms with Gasteiger partial charge in [-0.15, -0.1) is 10.2 Å². The van der Waals surface area contributed by atoms with Gasteiger partial charge < -0.3 is 5.84 Å². The van der Waals surface area contributed by atoms with Crippen molar-refractivity contribution in [3.05, 3.63) is 48.2 Å². The van der Waals surface area contributed by atoms with Gasteiger partial charge in [-0.2, -0.15) is 10.2 Å². The number of halogens is 1. The summed E-state index contributed by atoms with van der Waals surface area (Å²) in [7, 11) is 0. The maximum atomic E-state index is 12.9. The number of rotatable bonds is 4. The fraction of sp³-hybridized carbons (Fsp3) is 0. The van der Waals surface area contributed by atoms with E-state index in [-0.39, 0.29) is 5.82 Å². The van der Waals surface area contributed by atoms with Crippen molar-refractivity contribution in [3.8, 4) is 11.3 Å². The number of aromatic amines is 1. The average molecular weight is 286 g/mol. The number of anilines is 1. The molecule has 1 aromatic carbocycles. The number of nitrogens with zero attached hydrogens (tertiary/aromatic N) is 5. The summed E-state index contributed by atoms with van der Waals surface area (Å²) < 4.78 is 14.1. The zero-order chi connectivity index (χ0) is 14.7. The quantitative estimate of drug-likeness (QED) is 0.376. The summed E-state index contributed by atoms with van der Waals surface area (Å²) in [5.74, 6) is 5.55. The van der Waals surface area contributed by atoms with Gasteiger partial charge in [0.05, 0.1) is 18.1 Å². The maximum Gasteiger partial charge on any atom is 0.263 e. The summed E-state index contributed by atoms with van der Waals surface area (Å²) in [4.78, 5) is 0. The van der Waals surface area contributed by atoms with E-state index in [1.807, 2.05) is 0 Å². The highest BCUT2D eigenvalue weighted by molar-refractivity contribution is 5.88. The predicted octanol–water partition coefficient (Wildman–Crippen LogP) is 0.967. The minimum Gasteiger partial charge on any atom is -0.335 e. The molecule has 0 amide bonds. The summed E-state index contributed by atoms with van der Waals surface area (Å²) in [5, 5.41) is 18.1. The smallest absolute Gasteiger partial charge is 0.263 e. The first-order valence-corrected chi connectivity index (χ1v) is 5.97. The monoisotopic (exact) mass is 286 g/mol. The van der Waals surface area contributed by atoms with Crippen LogP contribution in [0.5, 0.6) is 0 Å². The second-order valence-corrected chi connectivity index (χ2v) is 4.14. The van der Waals surface area contributed by atoms with Crippen LogP contribution in [-0.4, -0.2) is 31.3 Å². The third kappa shape index (κ3) is 2.71. The lowest BCUT2D eigenvalue weighted by Gasteiger charge is -2.00. The van der Waals surface area contributed by atoms with Gasteiger partial charge in [0.1, 0.15) is 12.1 Å². The Morgan fingerprint density at radius 3 is 2.86 bits per heavy atom. The molecule has 21 heavy (non-hydrogen) atoms. The molecule has 2 heterocycles. The molecule has 9 heteroatoms. The van der Waals surface area contributed by atoms with Gasteiger partial charge in [0.2, 0.25) is 0 Å². The Kier molecular flexibility index (Phi) is 3.29. The molecule has 8 nitrogen and oxygen atoms in total. The van der Waals surface area contributed by atoms with Gasteiger partial charge in [0.25, 0.3) is 5.95 Å². The van der Waals surface area contributed by atoms with Crippen molar-refractivity contribution in [1.29, 1.82) is 0 Å². The van der Waals surface area contributed by atoms with Gasteiger partial charge >= 0.3 is 0 Å². The number of hydrogen-bond donors (Lipinski definition) is 3. The van der Waals surface area contributed by atoms with Crippen LogP contribution < -0.4 is 11.3 Å². The fourth-order valence-corrected chi connectivity index (χ4v) is 1.72. The molecule has 3 rings (SSSR count). The number of benzene rings is 1. The molecule has 0 aliphatic rings. The SMILES string of the molecule is Nn1cnnc1N/N=C\c1cn[nH]c1-c1ccc(F)cc1. The summed E-state index contributed by atoms with van der Waals surface area (Å²) >= 11 is 0. The molecule has 0 radical (unpaired) electrons. The first kappa shape index (κ1) is 12.8. The van der Waals surface area contributed by atoms with Crippen LogP contribution in [0.1, 0.15) is 5.56 Å². The highest BCUT2D eigenvalue weighted by atomic mass is 19.1. The van der Waals surface area contributed by atoms with Crippen LogP contribution in [0.2, 0.25) is 0 Å². The van der Waals surface area contributed by atoms with Crippen LogP contribution in [0.25, 0.3) is 11.3 Å². The van der Waals surface area contributed by atoms with E-state index in [9.17, 15) is 4.39 Å². The zero-order valence-corrected chi connectivity index (χ0v) is 10.7. The van der Waals surface area contributed by atoms with Gasteiger partial charge in [-0.3, -0.25) is 5.10 Å². The van der Waals surface area contributed by atoms with Crippen LogP contribution in [0, 0.1) is 5.82 Å². The molecule has 0 spiro atoms. The molecule has 2 aromatic heterocycles. The second kappa shape index (κ2) is 5.41. The van der Waals surface area contributed by atoms with Gasteiger partial charge in [-0.1, -0.05) is 0 Å². The van der Waals surface area contributed by atoms with Gasteiger partial charge in [0, 0.05) is 11.1 Å². The second-order valence-electron chi connectivity index (χ2n) is 4.14. The standard InChI is InChI=1S/C12H11FN8/c13-10-3-1-8(2-4-10)11-9(5-15-18-11)6-16-19-12-20-17-7-21(12)14/h1-7H,14H2,(H,15,18)(H,19,20)/b16-6-. The van der Waals surface area contributed by atoms with Crippen LogP contribution in [0.15, 0.2) is 41.9 Å². The molecular formula is C12H11FN8.